The summed E-state index contributed by atoms with van der Waals surface area (Å²) in [5.74, 6) is 1.53. The van der Waals surface area contributed by atoms with Crippen molar-refractivity contribution in [3.05, 3.63) is 47.3 Å². The molecule has 9 heteroatoms. The van der Waals surface area contributed by atoms with Crippen LogP contribution in [0, 0.1) is 18.8 Å². The molecule has 202 valence electrons. The number of para-hydroxylation sites is 1. The molecule has 2 aliphatic heterocycles. The number of amides is 2. The Balaban J connectivity index is 1.30. The van der Waals surface area contributed by atoms with Crippen molar-refractivity contribution in [1.29, 1.82) is 0 Å². The number of carbonyl (C=O) groups is 2. The number of nitrogens with zero attached hydrogens (tertiary/aromatic N) is 4. The number of pyridine rings is 1. The quantitative estimate of drug-likeness (QED) is 0.468. The van der Waals surface area contributed by atoms with Crippen LogP contribution in [0.1, 0.15) is 61.1 Å². The van der Waals surface area contributed by atoms with Gasteiger partial charge in [0.2, 0.25) is 5.91 Å². The molecule has 0 radical (unpaired) electrons. The van der Waals surface area contributed by atoms with E-state index in [4.69, 9.17) is 4.74 Å². The fraction of sp³-hybridized carbons (Fsp3) is 0.517. The molecule has 2 amide bonds. The largest absolute Gasteiger partial charge is 0.494 e. The third kappa shape index (κ3) is 5.48. The number of hydrogen-bond donors (Lipinski definition) is 1. The summed E-state index contributed by atoms with van der Waals surface area (Å²) in [6, 6.07) is 7.82. The Morgan fingerprint density at radius 2 is 1.84 bits per heavy atom. The van der Waals surface area contributed by atoms with Crippen LogP contribution in [0.3, 0.4) is 0 Å². The Kier molecular flexibility index (Phi) is 8.12. The minimum absolute atomic E-state index is 0.0553. The van der Waals surface area contributed by atoms with Gasteiger partial charge >= 0.3 is 0 Å². The normalized spacial score (nSPS) is 17.1. The van der Waals surface area contributed by atoms with Gasteiger partial charge in [0.05, 0.1) is 28.9 Å². The van der Waals surface area contributed by atoms with E-state index in [1.54, 1.807) is 6.20 Å². The highest BCUT2D eigenvalue weighted by Gasteiger charge is 2.31. The first-order valence-corrected chi connectivity index (χ1v) is 14.5. The first-order valence-electron chi connectivity index (χ1n) is 13.7. The second-order valence-electron chi connectivity index (χ2n) is 10.5. The van der Waals surface area contributed by atoms with Crippen molar-refractivity contribution < 1.29 is 14.3 Å². The van der Waals surface area contributed by atoms with E-state index in [-0.39, 0.29) is 17.7 Å². The summed E-state index contributed by atoms with van der Waals surface area (Å²) in [4.78, 5) is 36.5. The van der Waals surface area contributed by atoms with E-state index >= 15 is 0 Å². The van der Waals surface area contributed by atoms with Crippen LogP contribution >= 0.6 is 11.5 Å². The number of nitrogens with one attached hydrogen (secondary N) is 1. The van der Waals surface area contributed by atoms with Gasteiger partial charge < -0.3 is 19.9 Å². The number of fused-ring (bicyclic) bond motifs is 1. The molecular formula is C29H37N5O3S. The highest BCUT2D eigenvalue weighted by atomic mass is 32.1. The third-order valence-corrected chi connectivity index (χ3v) is 8.70. The van der Waals surface area contributed by atoms with Crippen LogP contribution < -0.4 is 15.0 Å². The van der Waals surface area contributed by atoms with Gasteiger partial charge in [0.25, 0.3) is 5.91 Å². The zero-order valence-corrected chi connectivity index (χ0v) is 23.4. The summed E-state index contributed by atoms with van der Waals surface area (Å²) in [5.41, 5.74) is 3.48. The number of piperidine rings is 2. The summed E-state index contributed by atoms with van der Waals surface area (Å²) in [7, 11) is 0. The monoisotopic (exact) mass is 535 g/mol. The van der Waals surface area contributed by atoms with Gasteiger partial charge in [-0.2, -0.15) is 4.37 Å². The second kappa shape index (κ2) is 11.7. The van der Waals surface area contributed by atoms with Gasteiger partial charge in [-0.3, -0.25) is 9.59 Å². The number of carbonyl (C=O) groups excluding carboxylic acids is 2. The van der Waals surface area contributed by atoms with Gasteiger partial charge in [-0.15, -0.1) is 0 Å². The van der Waals surface area contributed by atoms with Crippen LogP contribution in [-0.2, 0) is 11.3 Å². The van der Waals surface area contributed by atoms with Gasteiger partial charge in [-0.1, -0.05) is 25.1 Å². The van der Waals surface area contributed by atoms with Gasteiger partial charge in [0, 0.05) is 50.4 Å². The molecule has 0 spiro atoms. The molecule has 38 heavy (non-hydrogen) atoms. The molecule has 3 aromatic rings. The Morgan fingerprint density at radius 3 is 2.58 bits per heavy atom. The van der Waals surface area contributed by atoms with Crippen LogP contribution in [0.5, 0.6) is 5.75 Å². The Hall–Kier alpha value is -3.20. The standard InChI is InChI=1S/C29H37N5O3S/c1-4-37-24-8-6-5-7-22(24)17-30-27(35)21-11-15-33(16-12-21)26-23(18-31-28-25(26)20(3)32-38-28)29(36)34-13-9-19(2)10-14-34/h5-8,18-19,21H,4,9-17H2,1-3H3,(H,30,35). The molecular weight excluding hydrogens is 498 g/mol. The Morgan fingerprint density at radius 1 is 1.11 bits per heavy atom. The predicted molar refractivity (Wildman–Crippen MR) is 151 cm³/mol. The maximum absolute atomic E-state index is 13.7. The lowest BCUT2D eigenvalue weighted by Gasteiger charge is -2.36. The number of ether oxygens (including phenoxy) is 1. The van der Waals surface area contributed by atoms with Gasteiger partial charge in [0.1, 0.15) is 10.6 Å². The van der Waals surface area contributed by atoms with Gasteiger partial charge in [0.15, 0.2) is 0 Å². The molecule has 5 rings (SSSR count). The van der Waals surface area contributed by atoms with E-state index in [2.05, 4.69) is 26.5 Å². The number of benzene rings is 1. The molecule has 1 N–H and O–H groups in total. The molecule has 2 aromatic heterocycles. The predicted octanol–water partition coefficient (Wildman–Crippen LogP) is 4.80. The van der Waals surface area contributed by atoms with Crippen LogP contribution in [0.15, 0.2) is 30.5 Å². The summed E-state index contributed by atoms with van der Waals surface area (Å²) < 4.78 is 10.2. The number of anilines is 1. The summed E-state index contributed by atoms with van der Waals surface area (Å²) >= 11 is 1.38. The molecule has 0 atom stereocenters. The van der Waals surface area contributed by atoms with E-state index in [0.717, 1.165) is 71.7 Å². The van der Waals surface area contributed by atoms with Crippen LogP contribution in [0.25, 0.3) is 10.2 Å². The van der Waals surface area contributed by atoms with Crippen molar-refractivity contribution in [2.45, 2.75) is 53.0 Å². The van der Waals surface area contributed by atoms with Crippen molar-refractivity contribution in [2.24, 2.45) is 11.8 Å². The fourth-order valence-corrected chi connectivity index (χ4v) is 6.29. The maximum Gasteiger partial charge on any atom is 0.257 e. The highest BCUT2D eigenvalue weighted by Crippen LogP contribution is 2.37. The molecule has 4 heterocycles. The lowest BCUT2D eigenvalue weighted by Crippen LogP contribution is -2.42. The molecule has 0 unspecified atom stereocenters. The lowest BCUT2D eigenvalue weighted by molar-refractivity contribution is -0.125. The molecule has 2 aliphatic rings. The molecule has 0 aliphatic carbocycles. The van der Waals surface area contributed by atoms with Crippen LogP contribution in [0.4, 0.5) is 5.69 Å². The molecule has 2 fully saturated rings. The lowest BCUT2D eigenvalue weighted by atomic mass is 9.94. The van der Waals surface area contributed by atoms with Crippen molar-refractivity contribution in [2.75, 3.05) is 37.7 Å². The van der Waals surface area contributed by atoms with E-state index in [1.165, 1.54) is 11.5 Å². The average Bonchev–Trinajstić information content (AvgIpc) is 3.33. The average molecular weight is 536 g/mol. The van der Waals surface area contributed by atoms with Crippen LogP contribution in [0.2, 0.25) is 0 Å². The third-order valence-electron chi connectivity index (χ3n) is 7.86. The highest BCUT2D eigenvalue weighted by molar-refractivity contribution is 7.13. The zero-order chi connectivity index (χ0) is 26.6. The van der Waals surface area contributed by atoms with Crippen LogP contribution in [-0.4, -0.2) is 58.9 Å². The first kappa shape index (κ1) is 26.4. The second-order valence-corrected chi connectivity index (χ2v) is 11.2. The number of aromatic nitrogens is 2. The summed E-state index contributed by atoms with van der Waals surface area (Å²) in [6.45, 7) is 10.2. The Labute approximate surface area is 228 Å². The minimum atomic E-state index is -0.0627. The molecule has 8 nitrogen and oxygen atoms in total. The topological polar surface area (TPSA) is 87.7 Å². The number of rotatable bonds is 7. The first-order chi connectivity index (χ1) is 18.5. The van der Waals surface area contributed by atoms with Gasteiger partial charge in [-0.25, -0.2) is 4.98 Å². The van der Waals surface area contributed by atoms with Crippen molar-refractivity contribution >= 4 is 39.3 Å². The van der Waals surface area contributed by atoms with Gasteiger partial charge in [-0.05, 0) is 63.0 Å². The SMILES string of the molecule is CCOc1ccccc1CNC(=O)C1CCN(c2c(C(=O)N3CCC(C)CC3)cnc3snc(C)c23)CC1. The van der Waals surface area contributed by atoms with E-state index in [0.29, 0.717) is 37.7 Å². The summed E-state index contributed by atoms with van der Waals surface area (Å²) in [6.07, 6.45) is 5.27. The van der Waals surface area contributed by atoms with E-state index in [1.807, 2.05) is 43.0 Å². The smallest absolute Gasteiger partial charge is 0.257 e. The van der Waals surface area contributed by atoms with Crippen molar-refractivity contribution in [3.8, 4) is 5.75 Å². The molecule has 2 saturated heterocycles. The number of hydrogen-bond acceptors (Lipinski definition) is 7. The minimum Gasteiger partial charge on any atom is -0.494 e. The Bertz CT molecular complexity index is 1290. The van der Waals surface area contributed by atoms with Crippen molar-refractivity contribution in [1.82, 2.24) is 19.6 Å². The molecule has 0 saturated carbocycles. The van der Waals surface area contributed by atoms with Crippen molar-refractivity contribution in [3.63, 3.8) is 0 Å². The molecule has 1 aromatic carbocycles. The zero-order valence-electron chi connectivity index (χ0n) is 22.5. The maximum atomic E-state index is 13.7. The number of likely N-dealkylation sites (tertiary alicyclic amines) is 1. The number of aryl methyl sites for hydroxylation is 1. The van der Waals surface area contributed by atoms with E-state index < -0.39 is 0 Å². The fourth-order valence-electron chi connectivity index (χ4n) is 5.54. The molecule has 0 bridgehead atoms. The van der Waals surface area contributed by atoms with E-state index in [9.17, 15) is 9.59 Å². The summed E-state index contributed by atoms with van der Waals surface area (Å²) in [5, 5.41) is 4.09.